The van der Waals surface area contributed by atoms with E-state index in [0.717, 1.165) is 11.1 Å². The minimum atomic E-state index is -0.527. The van der Waals surface area contributed by atoms with Crippen molar-refractivity contribution in [3.63, 3.8) is 0 Å². The van der Waals surface area contributed by atoms with Crippen molar-refractivity contribution in [2.45, 2.75) is 19.9 Å². The second-order valence-corrected chi connectivity index (χ2v) is 7.17. The molecule has 0 unspecified atom stereocenters. The van der Waals surface area contributed by atoms with Gasteiger partial charge in [0.2, 0.25) is 5.95 Å². The third-order valence-electron chi connectivity index (χ3n) is 5.08. The largest absolute Gasteiger partial charge is 0.508 e. The highest BCUT2D eigenvalue weighted by atomic mass is 16.3. The predicted octanol–water partition coefficient (Wildman–Crippen LogP) is 2.21. The van der Waals surface area contributed by atoms with Crippen LogP contribution in [-0.4, -0.2) is 29.9 Å². The molecule has 0 fully saturated rings. The molecule has 0 aliphatic rings. The molecule has 0 aliphatic heterocycles. The molecule has 2 aromatic heterocycles. The summed E-state index contributed by atoms with van der Waals surface area (Å²) in [6.07, 6.45) is 0.671. The number of aryl methyl sites for hydroxylation is 3. The lowest BCUT2D eigenvalue weighted by Crippen LogP contribution is -2.29. The molecule has 0 radical (unpaired) electrons. The first-order chi connectivity index (χ1) is 14.9. The van der Waals surface area contributed by atoms with E-state index in [4.69, 9.17) is 0 Å². The molecular formula is C22H22N6O3. The maximum atomic E-state index is 12.6. The maximum Gasteiger partial charge on any atom is 0.329 e. The molecule has 9 nitrogen and oxygen atoms in total. The molecule has 3 N–H and O–H groups in total. The van der Waals surface area contributed by atoms with Gasteiger partial charge in [-0.3, -0.25) is 14.3 Å². The van der Waals surface area contributed by atoms with E-state index >= 15 is 0 Å². The molecule has 9 heteroatoms. The fourth-order valence-corrected chi connectivity index (χ4v) is 3.32. The summed E-state index contributed by atoms with van der Waals surface area (Å²) in [5.74, 6) is 0.531. The van der Waals surface area contributed by atoms with Crippen LogP contribution >= 0.6 is 0 Å². The lowest BCUT2D eigenvalue weighted by Gasteiger charge is -2.09. The molecule has 2 aromatic carbocycles. The van der Waals surface area contributed by atoms with Gasteiger partial charge in [0.25, 0.3) is 5.56 Å². The molecule has 31 heavy (non-hydrogen) atoms. The van der Waals surface area contributed by atoms with E-state index in [1.165, 1.54) is 4.57 Å². The van der Waals surface area contributed by atoms with Crippen LogP contribution in [0, 0.1) is 0 Å². The quantitative estimate of drug-likeness (QED) is 0.328. The molecule has 4 rings (SSSR count). The first-order valence-electron chi connectivity index (χ1n) is 9.77. The van der Waals surface area contributed by atoms with Crippen LogP contribution in [0.25, 0.3) is 11.2 Å². The van der Waals surface area contributed by atoms with E-state index in [1.54, 1.807) is 35.9 Å². The smallest absolute Gasteiger partial charge is 0.329 e. The Labute approximate surface area is 177 Å². The van der Waals surface area contributed by atoms with Gasteiger partial charge in [-0.2, -0.15) is 10.1 Å². The number of aromatic nitrogens is 4. The lowest BCUT2D eigenvalue weighted by atomic mass is 10.1. The van der Waals surface area contributed by atoms with E-state index in [-0.39, 0.29) is 11.4 Å². The van der Waals surface area contributed by atoms with Crippen LogP contribution in [0.5, 0.6) is 5.75 Å². The molecule has 0 atom stereocenters. The van der Waals surface area contributed by atoms with Crippen molar-refractivity contribution in [1.29, 1.82) is 0 Å². The minimum Gasteiger partial charge on any atom is -0.508 e. The number of aromatic hydroxyl groups is 1. The molecule has 4 aromatic rings. The summed E-state index contributed by atoms with van der Waals surface area (Å²) in [5, 5.41) is 13.9. The van der Waals surface area contributed by atoms with Crippen LogP contribution < -0.4 is 16.7 Å². The number of nitrogens with zero attached hydrogens (tertiary/aromatic N) is 4. The fraction of sp³-hybridized carbons (Fsp3) is 0.182. The number of imidazole rings is 1. The summed E-state index contributed by atoms with van der Waals surface area (Å²) in [4.78, 5) is 31.4. The highest BCUT2D eigenvalue weighted by molar-refractivity contribution is 5.99. The van der Waals surface area contributed by atoms with Gasteiger partial charge in [-0.15, -0.1) is 0 Å². The number of anilines is 1. The Morgan fingerprint density at radius 2 is 1.84 bits per heavy atom. The molecule has 0 aliphatic carbocycles. The van der Waals surface area contributed by atoms with E-state index in [9.17, 15) is 14.7 Å². The first kappa shape index (κ1) is 20.1. The van der Waals surface area contributed by atoms with Crippen molar-refractivity contribution in [2.75, 3.05) is 5.43 Å². The van der Waals surface area contributed by atoms with Crippen molar-refractivity contribution in [3.8, 4) is 5.75 Å². The zero-order valence-corrected chi connectivity index (χ0v) is 17.2. The zero-order chi connectivity index (χ0) is 22.0. The van der Waals surface area contributed by atoms with E-state index < -0.39 is 11.2 Å². The highest BCUT2D eigenvalue weighted by Crippen LogP contribution is 2.17. The molecule has 158 valence electrons. The first-order valence-corrected chi connectivity index (χ1v) is 9.77. The standard InChI is InChI=1S/C22H22N6O3/c1-14(16-8-10-17(29)11-9-16)25-26-21-23-19-18(20(30)24-22(31)27(19)2)28(21)13-12-15-6-4-3-5-7-15/h3-11,29H,12-13H2,1-2H3,(H,23,26)(H,24,30,31). The Morgan fingerprint density at radius 3 is 2.55 bits per heavy atom. The molecule has 0 bridgehead atoms. The van der Waals surface area contributed by atoms with Crippen LogP contribution in [0.4, 0.5) is 5.95 Å². The molecule has 0 saturated carbocycles. The van der Waals surface area contributed by atoms with Gasteiger partial charge in [-0.05, 0) is 48.7 Å². The number of phenols is 1. The Morgan fingerprint density at radius 1 is 1.13 bits per heavy atom. The predicted molar refractivity (Wildman–Crippen MR) is 120 cm³/mol. The molecule has 2 heterocycles. The molecule has 0 amide bonds. The lowest BCUT2D eigenvalue weighted by molar-refractivity contribution is 0.475. The third kappa shape index (κ3) is 4.11. The van der Waals surface area contributed by atoms with E-state index in [1.807, 2.05) is 37.3 Å². The van der Waals surface area contributed by atoms with Gasteiger partial charge in [0, 0.05) is 13.6 Å². The van der Waals surface area contributed by atoms with Crippen molar-refractivity contribution in [1.82, 2.24) is 19.1 Å². The normalized spacial score (nSPS) is 11.7. The zero-order valence-electron chi connectivity index (χ0n) is 17.2. The molecular weight excluding hydrogens is 396 g/mol. The van der Waals surface area contributed by atoms with Crippen molar-refractivity contribution < 1.29 is 5.11 Å². The highest BCUT2D eigenvalue weighted by Gasteiger charge is 2.17. The molecule has 0 saturated heterocycles. The number of nitrogens with one attached hydrogen (secondary N) is 2. The van der Waals surface area contributed by atoms with Gasteiger partial charge >= 0.3 is 5.69 Å². The van der Waals surface area contributed by atoms with Gasteiger partial charge in [-0.1, -0.05) is 30.3 Å². The van der Waals surface area contributed by atoms with Crippen molar-refractivity contribution in [2.24, 2.45) is 12.1 Å². The number of benzene rings is 2. The van der Waals surface area contributed by atoms with E-state index in [2.05, 4.69) is 20.5 Å². The summed E-state index contributed by atoms with van der Waals surface area (Å²) < 4.78 is 3.03. The third-order valence-corrected chi connectivity index (χ3v) is 5.08. The van der Waals surface area contributed by atoms with Crippen molar-refractivity contribution in [3.05, 3.63) is 86.6 Å². The Kier molecular flexibility index (Phi) is 5.40. The average Bonchev–Trinajstić information content (AvgIpc) is 3.15. The summed E-state index contributed by atoms with van der Waals surface area (Å²) >= 11 is 0. The Bertz CT molecular complexity index is 1360. The fourth-order valence-electron chi connectivity index (χ4n) is 3.32. The number of aromatic amines is 1. The number of rotatable bonds is 6. The van der Waals surface area contributed by atoms with Gasteiger partial charge < -0.3 is 9.67 Å². The monoisotopic (exact) mass is 418 g/mol. The van der Waals surface area contributed by atoms with Crippen LogP contribution in [0.15, 0.2) is 69.3 Å². The van der Waals surface area contributed by atoms with Crippen LogP contribution in [0.1, 0.15) is 18.1 Å². The number of phenolic OH excluding ortho intramolecular Hbond substituents is 1. The number of hydrogen-bond donors (Lipinski definition) is 3. The molecule has 0 spiro atoms. The second-order valence-electron chi connectivity index (χ2n) is 7.17. The van der Waals surface area contributed by atoms with Crippen LogP contribution in [0.3, 0.4) is 0 Å². The van der Waals surface area contributed by atoms with Gasteiger partial charge in [0.05, 0.1) is 5.71 Å². The summed E-state index contributed by atoms with van der Waals surface area (Å²) in [6.45, 7) is 2.29. The van der Waals surface area contributed by atoms with Crippen LogP contribution in [-0.2, 0) is 20.0 Å². The number of fused-ring (bicyclic) bond motifs is 1. The van der Waals surface area contributed by atoms with Gasteiger partial charge in [-0.25, -0.2) is 10.2 Å². The van der Waals surface area contributed by atoms with Crippen LogP contribution in [0.2, 0.25) is 0 Å². The second kappa shape index (κ2) is 8.31. The summed E-state index contributed by atoms with van der Waals surface area (Å²) in [6, 6.07) is 16.6. The number of hydrazone groups is 1. The van der Waals surface area contributed by atoms with E-state index in [0.29, 0.717) is 30.1 Å². The van der Waals surface area contributed by atoms with Gasteiger partial charge in [0.15, 0.2) is 11.2 Å². The number of H-pyrrole nitrogens is 1. The Balaban J connectivity index is 1.74. The summed E-state index contributed by atoms with van der Waals surface area (Å²) in [5.41, 5.74) is 5.10. The minimum absolute atomic E-state index is 0.173. The SMILES string of the molecule is CC(=NNc1nc2c(c(=O)[nH]c(=O)n2C)n1CCc1ccccc1)c1ccc(O)cc1. The van der Waals surface area contributed by atoms with Gasteiger partial charge in [0.1, 0.15) is 5.75 Å². The maximum absolute atomic E-state index is 12.6. The van der Waals surface area contributed by atoms with Crippen molar-refractivity contribution >= 4 is 22.8 Å². The summed E-state index contributed by atoms with van der Waals surface area (Å²) in [7, 11) is 1.56. The number of hydrogen-bond acceptors (Lipinski definition) is 6. The topological polar surface area (TPSA) is 117 Å². The Hall–Kier alpha value is -4.14. The average molecular weight is 418 g/mol.